The van der Waals surface area contributed by atoms with E-state index in [1.54, 1.807) is 4.68 Å². The van der Waals surface area contributed by atoms with Gasteiger partial charge in [0.15, 0.2) is 5.82 Å². The lowest BCUT2D eigenvalue weighted by Gasteiger charge is -2.31. The molecule has 1 unspecified atom stereocenters. The monoisotopic (exact) mass is 346 g/mol. The maximum Gasteiger partial charge on any atom is 0.151 e. The molecule has 4 nitrogen and oxygen atoms in total. The number of benzene rings is 1. The van der Waals surface area contributed by atoms with Gasteiger partial charge >= 0.3 is 0 Å². The molecule has 0 spiro atoms. The van der Waals surface area contributed by atoms with Crippen molar-refractivity contribution in [1.82, 2.24) is 14.7 Å². The molecule has 2 aromatic rings. The molecule has 1 aromatic heterocycles. The second-order valence-electron chi connectivity index (χ2n) is 7.10. The van der Waals surface area contributed by atoms with Crippen LogP contribution in [0.3, 0.4) is 0 Å². The van der Waals surface area contributed by atoms with Crippen molar-refractivity contribution in [2.75, 3.05) is 25.5 Å². The average Bonchev–Trinajstić information content (AvgIpc) is 2.78. The Morgan fingerprint density at radius 1 is 1.16 bits per heavy atom. The molecule has 0 aliphatic carbocycles. The molecule has 3 heterocycles. The molecular weight excluding hydrogens is 322 g/mol. The molecule has 2 aliphatic heterocycles. The zero-order valence-electron chi connectivity index (χ0n) is 14.6. The highest BCUT2D eigenvalue weighted by atomic mass is 19.1. The Morgan fingerprint density at radius 3 is 2.84 bits per heavy atom. The zero-order valence-corrected chi connectivity index (χ0v) is 14.6. The SMILES string of the molecule is CN1CCCCC1c1nn(-c2ccc(F)cc2F)c2c1CCCCN2. The van der Waals surface area contributed by atoms with Crippen LogP contribution in [-0.4, -0.2) is 34.8 Å². The number of hydrogen-bond acceptors (Lipinski definition) is 3. The fourth-order valence-electron chi connectivity index (χ4n) is 4.04. The summed E-state index contributed by atoms with van der Waals surface area (Å²) in [6.07, 6.45) is 6.61. The number of likely N-dealkylation sites (tertiary alicyclic amines) is 1. The Morgan fingerprint density at radius 2 is 2.04 bits per heavy atom. The molecule has 1 aromatic carbocycles. The second kappa shape index (κ2) is 6.75. The fourth-order valence-corrected chi connectivity index (χ4v) is 4.04. The predicted molar refractivity (Wildman–Crippen MR) is 94.1 cm³/mol. The van der Waals surface area contributed by atoms with Crippen molar-refractivity contribution < 1.29 is 8.78 Å². The summed E-state index contributed by atoms with van der Waals surface area (Å²) < 4.78 is 29.4. The Hall–Kier alpha value is -1.95. The van der Waals surface area contributed by atoms with E-state index < -0.39 is 11.6 Å². The zero-order chi connectivity index (χ0) is 17.4. The van der Waals surface area contributed by atoms with Crippen LogP contribution in [0.2, 0.25) is 0 Å². The number of hydrogen-bond donors (Lipinski definition) is 1. The third-order valence-electron chi connectivity index (χ3n) is 5.38. The largest absolute Gasteiger partial charge is 0.370 e. The van der Waals surface area contributed by atoms with E-state index in [4.69, 9.17) is 5.10 Å². The van der Waals surface area contributed by atoms with Gasteiger partial charge in [0.1, 0.15) is 17.3 Å². The summed E-state index contributed by atoms with van der Waals surface area (Å²) in [5.41, 5.74) is 2.55. The number of aromatic nitrogens is 2. The van der Waals surface area contributed by atoms with Gasteiger partial charge in [-0.2, -0.15) is 5.10 Å². The van der Waals surface area contributed by atoms with Gasteiger partial charge in [0.2, 0.25) is 0 Å². The molecule has 1 atom stereocenters. The minimum absolute atomic E-state index is 0.271. The van der Waals surface area contributed by atoms with Crippen molar-refractivity contribution in [2.24, 2.45) is 0 Å². The van der Waals surface area contributed by atoms with E-state index in [9.17, 15) is 8.78 Å². The van der Waals surface area contributed by atoms with Crippen LogP contribution in [0.4, 0.5) is 14.6 Å². The van der Waals surface area contributed by atoms with E-state index in [-0.39, 0.29) is 6.04 Å². The molecule has 4 rings (SSSR count). The van der Waals surface area contributed by atoms with E-state index in [0.717, 1.165) is 56.4 Å². The van der Waals surface area contributed by atoms with E-state index in [1.165, 1.54) is 30.5 Å². The molecule has 1 N–H and O–H groups in total. The quantitative estimate of drug-likeness (QED) is 0.890. The summed E-state index contributed by atoms with van der Waals surface area (Å²) in [6, 6.07) is 3.95. The fraction of sp³-hybridized carbons (Fsp3) is 0.526. The summed E-state index contributed by atoms with van der Waals surface area (Å²) in [5.74, 6) is -0.281. The lowest BCUT2D eigenvalue weighted by molar-refractivity contribution is 0.182. The first-order chi connectivity index (χ1) is 12.1. The number of nitrogens with zero attached hydrogens (tertiary/aromatic N) is 3. The molecule has 0 saturated carbocycles. The molecule has 134 valence electrons. The first-order valence-electron chi connectivity index (χ1n) is 9.16. The van der Waals surface area contributed by atoms with Gasteiger partial charge in [-0.25, -0.2) is 13.5 Å². The van der Waals surface area contributed by atoms with Crippen LogP contribution in [0.1, 0.15) is 49.4 Å². The first kappa shape index (κ1) is 16.5. The van der Waals surface area contributed by atoms with Crippen molar-refractivity contribution in [3.8, 4) is 5.69 Å². The minimum Gasteiger partial charge on any atom is -0.370 e. The third kappa shape index (κ3) is 3.03. The molecule has 6 heteroatoms. The van der Waals surface area contributed by atoms with Crippen LogP contribution in [0.5, 0.6) is 0 Å². The van der Waals surface area contributed by atoms with Crippen molar-refractivity contribution >= 4 is 5.82 Å². The maximum atomic E-state index is 14.4. The molecule has 1 fully saturated rings. The predicted octanol–water partition coefficient (Wildman–Crippen LogP) is 4.06. The van der Waals surface area contributed by atoms with E-state index in [2.05, 4.69) is 17.3 Å². The smallest absolute Gasteiger partial charge is 0.151 e. The normalized spacial score (nSPS) is 21.5. The molecular formula is C19H24F2N4. The van der Waals surface area contributed by atoms with Crippen LogP contribution in [0, 0.1) is 11.6 Å². The van der Waals surface area contributed by atoms with Crippen LogP contribution in [0.25, 0.3) is 5.69 Å². The van der Waals surface area contributed by atoms with Gasteiger partial charge in [0.25, 0.3) is 0 Å². The number of rotatable bonds is 2. The van der Waals surface area contributed by atoms with Gasteiger partial charge in [-0.3, -0.25) is 4.90 Å². The number of nitrogens with one attached hydrogen (secondary N) is 1. The van der Waals surface area contributed by atoms with E-state index in [1.807, 2.05) is 0 Å². The van der Waals surface area contributed by atoms with Gasteiger partial charge in [-0.15, -0.1) is 0 Å². The molecule has 1 saturated heterocycles. The van der Waals surface area contributed by atoms with Crippen molar-refractivity contribution in [3.63, 3.8) is 0 Å². The van der Waals surface area contributed by atoms with Gasteiger partial charge in [0, 0.05) is 18.2 Å². The lowest BCUT2D eigenvalue weighted by Crippen LogP contribution is -2.30. The summed E-state index contributed by atoms with van der Waals surface area (Å²) in [5, 5.41) is 8.25. The number of halogens is 2. The number of piperidine rings is 1. The van der Waals surface area contributed by atoms with Gasteiger partial charge < -0.3 is 5.32 Å². The van der Waals surface area contributed by atoms with Crippen molar-refractivity contribution in [2.45, 2.75) is 44.6 Å². The Balaban J connectivity index is 1.84. The molecule has 0 radical (unpaired) electrons. The van der Waals surface area contributed by atoms with Crippen molar-refractivity contribution in [3.05, 3.63) is 41.1 Å². The molecule has 0 bridgehead atoms. The number of fused-ring (bicyclic) bond motifs is 1. The summed E-state index contributed by atoms with van der Waals surface area (Å²) >= 11 is 0. The van der Waals surface area contributed by atoms with Gasteiger partial charge in [0.05, 0.1) is 11.7 Å². The highest BCUT2D eigenvalue weighted by molar-refractivity contribution is 5.55. The summed E-state index contributed by atoms with van der Waals surface area (Å²) in [4.78, 5) is 2.35. The average molecular weight is 346 g/mol. The van der Waals surface area contributed by atoms with E-state index in [0.29, 0.717) is 5.69 Å². The molecule has 0 amide bonds. The first-order valence-corrected chi connectivity index (χ1v) is 9.16. The van der Waals surface area contributed by atoms with Crippen LogP contribution < -0.4 is 5.32 Å². The topological polar surface area (TPSA) is 33.1 Å². The third-order valence-corrected chi connectivity index (χ3v) is 5.38. The number of anilines is 1. The Bertz CT molecular complexity index is 771. The molecule has 25 heavy (non-hydrogen) atoms. The highest BCUT2D eigenvalue weighted by Crippen LogP contribution is 2.37. The van der Waals surface area contributed by atoms with Crippen LogP contribution in [0.15, 0.2) is 18.2 Å². The Kier molecular flexibility index (Phi) is 4.46. The lowest BCUT2D eigenvalue weighted by atomic mass is 9.96. The van der Waals surface area contributed by atoms with Gasteiger partial charge in [-0.05, 0) is 57.8 Å². The highest BCUT2D eigenvalue weighted by Gasteiger charge is 2.30. The molecule has 2 aliphatic rings. The standard InChI is InChI=1S/C19H24F2N4/c1-24-11-5-3-7-17(24)18-14-6-2-4-10-22-19(14)25(23-18)16-9-8-13(20)12-15(16)21/h8-9,12,17,22H,2-7,10-11H2,1H3. The maximum absolute atomic E-state index is 14.4. The Labute approximate surface area is 146 Å². The van der Waals surface area contributed by atoms with E-state index >= 15 is 0 Å². The van der Waals surface area contributed by atoms with Gasteiger partial charge in [-0.1, -0.05) is 6.42 Å². The summed E-state index contributed by atoms with van der Waals surface area (Å²) in [7, 11) is 2.14. The summed E-state index contributed by atoms with van der Waals surface area (Å²) in [6.45, 7) is 1.91. The second-order valence-corrected chi connectivity index (χ2v) is 7.10. The van der Waals surface area contributed by atoms with Crippen LogP contribution in [-0.2, 0) is 6.42 Å². The van der Waals surface area contributed by atoms with Crippen LogP contribution >= 0.6 is 0 Å². The minimum atomic E-state index is -0.583. The van der Waals surface area contributed by atoms with Crippen molar-refractivity contribution in [1.29, 1.82) is 0 Å².